The quantitative estimate of drug-likeness (QED) is 0.290. The molecule has 0 bridgehead atoms. The number of hydrazine groups is 1. The van der Waals surface area contributed by atoms with E-state index in [1.54, 1.807) is 6.20 Å². The van der Waals surface area contributed by atoms with Gasteiger partial charge in [0.1, 0.15) is 0 Å². The number of nitrogens with zero attached hydrogens (tertiary/aromatic N) is 3. The molecule has 1 heterocycles. The highest BCUT2D eigenvalue weighted by Crippen LogP contribution is 1.93. The fourth-order valence-corrected chi connectivity index (χ4v) is 1.03. The maximum Gasteiger partial charge on any atom is 0.206 e. The van der Waals surface area contributed by atoms with E-state index in [1.165, 1.54) is 0 Å². The van der Waals surface area contributed by atoms with Crippen LogP contribution in [0.3, 0.4) is 0 Å². The highest BCUT2D eigenvalue weighted by Gasteiger charge is 1.98. The molecule has 6 heteroatoms. The smallest absolute Gasteiger partial charge is 0.206 e. The summed E-state index contributed by atoms with van der Waals surface area (Å²) in [6.07, 6.45) is 1.63. The maximum atomic E-state index is 5.34. The van der Waals surface area contributed by atoms with E-state index < -0.39 is 0 Å². The van der Waals surface area contributed by atoms with Crippen molar-refractivity contribution in [3.8, 4) is 0 Å². The molecule has 0 saturated carbocycles. The minimum absolute atomic E-state index is 0.457. The lowest BCUT2D eigenvalue weighted by molar-refractivity contribution is 0.615. The van der Waals surface area contributed by atoms with Gasteiger partial charge in [-0.05, 0) is 18.1 Å². The molecule has 0 saturated heterocycles. The van der Waals surface area contributed by atoms with Gasteiger partial charge in [-0.1, -0.05) is 13.8 Å². The molecule has 4 N–H and O–H groups in total. The van der Waals surface area contributed by atoms with Crippen molar-refractivity contribution in [1.29, 1.82) is 0 Å². The molecule has 16 heavy (non-hydrogen) atoms. The van der Waals surface area contributed by atoms with Crippen molar-refractivity contribution in [3.63, 3.8) is 0 Å². The van der Waals surface area contributed by atoms with Crippen LogP contribution in [0.5, 0.6) is 0 Å². The van der Waals surface area contributed by atoms with Crippen LogP contribution >= 0.6 is 0 Å². The molecule has 0 spiro atoms. The molecule has 0 unspecified atom stereocenters. The van der Waals surface area contributed by atoms with E-state index in [0.717, 1.165) is 12.2 Å². The molecule has 0 radical (unpaired) electrons. The van der Waals surface area contributed by atoms with Crippen molar-refractivity contribution in [1.82, 2.24) is 20.9 Å². The zero-order valence-corrected chi connectivity index (χ0v) is 9.64. The van der Waals surface area contributed by atoms with Crippen LogP contribution in [0, 0.1) is 5.92 Å². The van der Waals surface area contributed by atoms with Crippen molar-refractivity contribution in [2.24, 2.45) is 16.8 Å². The van der Waals surface area contributed by atoms with Gasteiger partial charge in [0.15, 0.2) is 0 Å². The first-order valence-electron chi connectivity index (χ1n) is 5.24. The number of nitrogens with two attached hydrogens (primary N) is 1. The standard InChI is InChI=1S/C10H18N6/c1-8(2)6-12-10(15-11)13-7-9-4-3-5-14-16-9/h3-5,8H,6-7,11H2,1-2H3,(H2,12,13,15). The summed E-state index contributed by atoms with van der Waals surface area (Å²) in [5.74, 6) is 6.45. The number of aromatic nitrogens is 2. The third-order valence-electron chi connectivity index (χ3n) is 1.84. The van der Waals surface area contributed by atoms with Gasteiger partial charge in [-0.2, -0.15) is 10.2 Å². The summed E-state index contributed by atoms with van der Waals surface area (Å²) >= 11 is 0. The Bertz CT molecular complexity index is 321. The van der Waals surface area contributed by atoms with Crippen molar-refractivity contribution >= 4 is 5.96 Å². The molecule has 1 aromatic rings. The first kappa shape index (κ1) is 12.4. The van der Waals surface area contributed by atoms with Crippen LogP contribution in [0.1, 0.15) is 19.5 Å². The zero-order chi connectivity index (χ0) is 11.8. The number of hydrogen-bond donors (Lipinski definition) is 3. The van der Waals surface area contributed by atoms with Gasteiger partial charge in [0, 0.05) is 12.7 Å². The summed E-state index contributed by atoms with van der Waals surface area (Å²) < 4.78 is 0. The van der Waals surface area contributed by atoms with Gasteiger partial charge in [-0.15, -0.1) is 0 Å². The molecular weight excluding hydrogens is 204 g/mol. The van der Waals surface area contributed by atoms with Crippen molar-refractivity contribution in [2.75, 3.05) is 6.54 Å². The summed E-state index contributed by atoms with van der Waals surface area (Å²) in [6, 6.07) is 3.70. The Morgan fingerprint density at radius 3 is 2.94 bits per heavy atom. The lowest BCUT2D eigenvalue weighted by Gasteiger charge is -2.10. The lowest BCUT2D eigenvalue weighted by Crippen LogP contribution is -2.43. The van der Waals surface area contributed by atoms with E-state index in [1.807, 2.05) is 12.1 Å². The van der Waals surface area contributed by atoms with Crippen LogP contribution in [0.4, 0.5) is 0 Å². The van der Waals surface area contributed by atoms with E-state index in [-0.39, 0.29) is 0 Å². The number of guanidine groups is 1. The lowest BCUT2D eigenvalue weighted by atomic mass is 10.2. The summed E-state index contributed by atoms with van der Waals surface area (Å²) in [4.78, 5) is 4.25. The van der Waals surface area contributed by atoms with Gasteiger partial charge in [-0.25, -0.2) is 10.8 Å². The Morgan fingerprint density at radius 1 is 1.56 bits per heavy atom. The first-order chi connectivity index (χ1) is 7.72. The third kappa shape index (κ3) is 4.70. The topological polar surface area (TPSA) is 88.2 Å². The van der Waals surface area contributed by atoms with Crippen LogP contribution in [0.25, 0.3) is 0 Å². The van der Waals surface area contributed by atoms with Crippen molar-refractivity contribution in [2.45, 2.75) is 20.4 Å². The number of rotatable bonds is 4. The average molecular weight is 222 g/mol. The van der Waals surface area contributed by atoms with Crippen LogP contribution in [0.15, 0.2) is 23.3 Å². The van der Waals surface area contributed by atoms with Crippen molar-refractivity contribution < 1.29 is 0 Å². The van der Waals surface area contributed by atoms with Gasteiger partial charge >= 0.3 is 0 Å². The SMILES string of the molecule is CC(C)CNC(=NCc1cccnn1)NN. The van der Waals surface area contributed by atoms with Gasteiger partial charge in [0.2, 0.25) is 5.96 Å². The molecule has 88 valence electrons. The zero-order valence-electron chi connectivity index (χ0n) is 9.64. The molecule has 0 aliphatic rings. The van der Waals surface area contributed by atoms with E-state index in [4.69, 9.17) is 5.84 Å². The largest absolute Gasteiger partial charge is 0.355 e. The molecule has 1 aromatic heterocycles. The number of hydrogen-bond acceptors (Lipinski definition) is 4. The fourth-order valence-electron chi connectivity index (χ4n) is 1.03. The average Bonchev–Trinajstić information content (AvgIpc) is 2.30. The molecule has 6 nitrogen and oxygen atoms in total. The second-order valence-electron chi connectivity index (χ2n) is 3.80. The van der Waals surface area contributed by atoms with Gasteiger partial charge in [0.25, 0.3) is 0 Å². The predicted octanol–water partition coefficient (Wildman–Crippen LogP) is 0.0415. The molecule has 0 amide bonds. The van der Waals surface area contributed by atoms with Crippen LogP contribution in [-0.2, 0) is 6.54 Å². The molecule has 1 rings (SSSR count). The molecule has 0 fully saturated rings. The highest BCUT2D eigenvalue weighted by molar-refractivity contribution is 5.79. The first-order valence-corrected chi connectivity index (χ1v) is 5.24. The summed E-state index contributed by atoms with van der Waals surface area (Å²) in [7, 11) is 0. The molecule has 0 aliphatic carbocycles. The summed E-state index contributed by atoms with van der Waals surface area (Å²) in [5, 5.41) is 10.8. The second kappa shape index (κ2) is 6.73. The van der Waals surface area contributed by atoms with Crippen molar-refractivity contribution in [3.05, 3.63) is 24.0 Å². The maximum absolute atomic E-state index is 5.34. The molecule has 0 atom stereocenters. The predicted molar refractivity (Wildman–Crippen MR) is 63.3 cm³/mol. The highest BCUT2D eigenvalue weighted by atomic mass is 15.3. The second-order valence-corrected chi connectivity index (χ2v) is 3.80. The van der Waals surface area contributed by atoms with Gasteiger partial charge in [0.05, 0.1) is 12.2 Å². The third-order valence-corrected chi connectivity index (χ3v) is 1.84. The number of aliphatic imine (C=N–C) groups is 1. The Balaban J connectivity index is 2.47. The minimum Gasteiger partial charge on any atom is -0.355 e. The summed E-state index contributed by atoms with van der Waals surface area (Å²) in [6.45, 7) is 5.51. The van der Waals surface area contributed by atoms with E-state index in [0.29, 0.717) is 18.4 Å². The van der Waals surface area contributed by atoms with E-state index in [2.05, 4.69) is 39.8 Å². The molecule has 0 aromatic carbocycles. The normalized spacial score (nSPS) is 11.6. The minimum atomic E-state index is 0.457. The Kier molecular flexibility index (Phi) is 5.21. The monoisotopic (exact) mass is 222 g/mol. The summed E-state index contributed by atoms with van der Waals surface area (Å²) in [5.41, 5.74) is 3.33. The Morgan fingerprint density at radius 2 is 2.38 bits per heavy atom. The fraction of sp³-hybridized carbons (Fsp3) is 0.500. The van der Waals surface area contributed by atoms with Gasteiger partial charge in [-0.3, -0.25) is 5.43 Å². The Labute approximate surface area is 95.3 Å². The van der Waals surface area contributed by atoms with E-state index in [9.17, 15) is 0 Å². The van der Waals surface area contributed by atoms with Crippen LogP contribution < -0.4 is 16.6 Å². The van der Waals surface area contributed by atoms with E-state index >= 15 is 0 Å². The number of nitrogens with one attached hydrogen (secondary N) is 2. The van der Waals surface area contributed by atoms with Crippen LogP contribution in [0.2, 0.25) is 0 Å². The van der Waals surface area contributed by atoms with Gasteiger partial charge < -0.3 is 5.32 Å². The Hall–Kier alpha value is -1.69. The molecule has 0 aliphatic heterocycles. The van der Waals surface area contributed by atoms with Crippen LogP contribution in [-0.4, -0.2) is 22.7 Å². The molecular formula is C10H18N6.